The molecule has 4 rings (SSSR count). The van der Waals surface area contributed by atoms with Crippen molar-refractivity contribution in [3.8, 4) is 0 Å². The molecule has 4 nitrogen and oxygen atoms in total. The van der Waals surface area contributed by atoms with Gasteiger partial charge in [-0.25, -0.2) is 4.79 Å². The van der Waals surface area contributed by atoms with E-state index in [1.54, 1.807) is 5.57 Å². The van der Waals surface area contributed by atoms with E-state index in [1.807, 2.05) is 0 Å². The van der Waals surface area contributed by atoms with Gasteiger partial charge in [-0.3, -0.25) is 0 Å². The van der Waals surface area contributed by atoms with Crippen LogP contribution in [0.5, 0.6) is 0 Å². The van der Waals surface area contributed by atoms with Gasteiger partial charge in [-0.15, -0.1) is 0 Å². The molecular weight excluding hydrogens is 458 g/mol. The van der Waals surface area contributed by atoms with Crippen molar-refractivity contribution in [2.24, 2.45) is 46.3 Å². The smallest absolute Gasteiger partial charge is 0.431 e. The molecular formula is C33H58NO3+. The zero-order valence-electron chi connectivity index (χ0n) is 25.5. The van der Waals surface area contributed by atoms with Crippen LogP contribution in [0.15, 0.2) is 11.6 Å². The highest BCUT2D eigenvalue weighted by Gasteiger charge is 2.59. The fourth-order valence-corrected chi connectivity index (χ4v) is 9.33. The monoisotopic (exact) mass is 516 g/mol. The minimum Gasteiger partial charge on any atom is -0.431 e. The Kier molecular flexibility index (Phi) is 8.78. The van der Waals surface area contributed by atoms with Crippen molar-refractivity contribution < 1.29 is 18.8 Å². The summed E-state index contributed by atoms with van der Waals surface area (Å²) in [6, 6.07) is 0. The molecule has 0 saturated heterocycles. The third kappa shape index (κ3) is 6.25. The average Bonchev–Trinajstić information content (AvgIpc) is 3.15. The normalized spacial score (nSPS) is 38.3. The molecule has 8 atom stereocenters. The summed E-state index contributed by atoms with van der Waals surface area (Å²) in [5.41, 5.74) is 2.40. The van der Waals surface area contributed by atoms with Gasteiger partial charge in [0.25, 0.3) is 0 Å². The van der Waals surface area contributed by atoms with Crippen molar-refractivity contribution in [2.75, 3.05) is 34.3 Å². The summed E-state index contributed by atoms with van der Waals surface area (Å²) < 4.78 is 12.0. The highest BCUT2D eigenvalue weighted by atomic mass is 16.7. The summed E-state index contributed by atoms with van der Waals surface area (Å²) in [7, 11) is 6.31. The minimum atomic E-state index is -0.482. The first-order valence-electron chi connectivity index (χ1n) is 15.7. The van der Waals surface area contributed by atoms with Crippen molar-refractivity contribution in [1.82, 2.24) is 0 Å². The largest absolute Gasteiger partial charge is 0.508 e. The molecule has 0 radical (unpaired) electrons. The third-order valence-corrected chi connectivity index (χ3v) is 11.5. The molecule has 212 valence electrons. The Hall–Kier alpha value is -1.03. The number of fused-ring (bicyclic) bond motifs is 5. The Labute approximate surface area is 228 Å². The first kappa shape index (κ1) is 29.0. The van der Waals surface area contributed by atoms with Gasteiger partial charge in [-0.2, -0.15) is 0 Å². The molecule has 0 amide bonds. The number of allylic oxidation sites excluding steroid dienone is 1. The van der Waals surface area contributed by atoms with Crippen molar-refractivity contribution in [1.29, 1.82) is 0 Å². The topological polar surface area (TPSA) is 35.5 Å². The Balaban J connectivity index is 1.36. The molecule has 0 aliphatic heterocycles. The summed E-state index contributed by atoms with van der Waals surface area (Å²) in [5, 5.41) is 0. The lowest BCUT2D eigenvalue weighted by Crippen LogP contribution is -2.51. The number of quaternary nitrogens is 1. The number of hydrogen-bond donors (Lipinski definition) is 0. The van der Waals surface area contributed by atoms with Crippen molar-refractivity contribution in [2.45, 2.75) is 111 Å². The van der Waals surface area contributed by atoms with E-state index in [0.29, 0.717) is 17.4 Å². The lowest BCUT2D eigenvalue weighted by Gasteiger charge is -2.58. The van der Waals surface area contributed by atoms with Crippen LogP contribution in [0.3, 0.4) is 0 Å². The number of ether oxygens (including phenoxy) is 2. The molecule has 0 aromatic heterocycles. The number of likely N-dealkylation sites (N-methyl/N-ethyl adjacent to an activating group) is 1. The zero-order valence-corrected chi connectivity index (χ0v) is 25.5. The Bertz CT molecular complexity index is 828. The first-order chi connectivity index (χ1) is 17.3. The summed E-state index contributed by atoms with van der Waals surface area (Å²) in [6.07, 6.45) is 16.2. The fraction of sp³-hybridized carbons (Fsp3) is 0.909. The molecule has 0 N–H and O–H groups in total. The molecule has 3 fully saturated rings. The minimum absolute atomic E-state index is 0.0242. The van der Waals surface area contributed by atoms with Crippen LogP contribution >= 0.6 is 0 Å². The third-order valence-electron chi connectivity index (χ3n) is 11.5. The highest BCUT2D eigenvalue weighted by molar-refractivity contribution is 5.60. The maximum Gasteiger partial charge on any atom is 0.508 e. The van der Waals surface area contributed by atoms with E-state index >= 15 is 0 Å². The van der Waals surface area contributed by atoms with Crippen LogP contribution in [0.2, 0.25) is 0 Å². The number of nitrogens with zero attached hydrogens (tertiary/aromatic N) is 1. The van der Waals surface area contributed by atoms with Gasteiger partial charge in [0.1, 0.15) is 19.3 Å². The molecule has 37 heavy (non-hydrogen) atoms. The summed E-state index contributed by atoms with van der Waals surface area (Å²) in [6.45, 7) is 13.7. The van der Waals surface area contributed by atoms with Gasteiger partial charge in [0.15, 0.2) is 0 Å². The van der Waals surface area contributed by atoms with Gasteiger partial charge in [0, 0.05) is 6.42 Å². The van der Waals surface area contributed by atoms with E-state index in [4.69, 9.17) is 9.47 Å². The maximum absolute atomic E-state index is 12.3. The van der Waals surface area contributed by atoms with Crippen LogP contribution < -0.4 is 0 Å². The molecule has 4 heteroatoms. The van der Waals surface area contributed by atoms with Crippen molar-refractivity contribution in [3.05, 3.63) is 11.6 Å². The highest BCUT2D eigenvalue weighted by Crippen LogP contribution is 2.67. The molecule has 0 heterocycles. The lowest BCUT2D eigenvalue weighted by atomic mass is 9.47. The number of rotatable bonds is 9. The molecule has 4 aliphatic rings. The Morgan fingerprint density at radius 2 is 1.78 bits per heavy atom. The lowest BCUT2D eigenvalue weighted by molar-refractivity contribution is -0.870. The Morgan fingerprint density at radius 1 is 1.03 bits per heavy atom. The van der Waals surface area contributed by atoms with Crippen LogP contribution in [-0.2, 0) is 9.47 Å². The van der Waals surface area contributed by atoms with Gasteiger partial charge in [0.05, 0.1) is 21.1 Å². The zero-order chi connectivity index (χ0) is 27.0. The molecule has 4 aliphatic carbocycles. The standard InChI is InChI=1S/C33H58NO3/c1-23(2)10-9-11-24(3)28-14-15-29-27-13-12-25-22-26(37-31(35)36-21-20-34(6,7)8)16-18-32(25,4)30(27)17-19-33(28,29)5/h12,23-24,26-30H,9-11,13-22H2,1-8H3/q+1/t24-,26+,27+,28-,29+,30+,32+,33-/m1/s1. The van der Waals surface area contributed by atoms with E-state index < -0.39 is 6.16 Å². The van der Waals surface area contributed by atoms with Gasteiger partial charge < -0.3 is 14.0 Å². The Morgan fingerprint density at radius 3 is 2.49 bits per heavy atom. The van der Waals surface area contributed by atoms with Crippen LogP contribution in [0.1, 0.15) is 105 Å². The molecule has 0 spiro atoms. The molecule has 0 bridgehead atoms. The molecule has 0 unspecified atom stereocenters. The number of carbonyl (C=O) groups is 1. The van der Waals surface area contributed by atoms with Crippen molar-refractivity contribution >= 4 is 6.16 Å². The predicted molar refractivity (Wildman–Crippen MR) is 152 cm³/mol. The van der Waals surface area contributed by atoms with E-state index in [9.17, 15) is 4.79 Å². The van der Waals surface area contributed by atoms with Crippen LogP contribution in [0.4, 0.5) is 4.79 Å². The van der Waals surface area contributed by atoms with Crippen LogP contribution in [-0.4, -0.2) is 51.0 Å². The van der Waals surface area contributed by atoms with E-state index in [0.717, 1.165) is 65.8 Å². The summed E-state index contributed by atoms with van der Waals surface area (Å²) >= 11 is 0. The van der Waals surface area contributed by atoms with Gasteiger partial charge in [0.2, 0.25) is 0 Å². The number of hydrogen-bond acceptors (Lipinski definition) is 3. The molecule has 3 saturated carbocycles. The second-order valence-corrected chi connectivity index (χ2v) is 15.4. The van der Waals surface area contributed by atoms with E-state index in [1.165, 1.54) is 51.4 Å². The van der Waals surface area contributed by atoms with Gasteiger partial charge in [-0.1, -0.05) is 65.5 Å². The fourth-order valence-electron chi connectivity index (χ4n) is 9.33. The van der Waals surface area contributed by atoms with Gasteiger partial charge in [-0.05, 0) is 91.3 Å². The first-order valence-corrected chi connectivity index (χ1v) is 15.7. The summed E-state index contributed by atoms with van der Waals surface area (Å²) in [5.74, 6) is 5.15. The van der Waals surface area contributed by atoms with Crippen molar-refractivity contribution in [3.63, 3.8) is 0 Å². The molecule has 0 aromatic rings. The average molecular weight is 517 g/mol. The van der Waals surface area contributed by atoms with E-state index in [2.05, 4.69) is 61.8 Å². The SMILES string of the molecule is CC(C)CCC[C@@H](C)[C@H]1CC[C@H]2[C@@H]3CC=C4C[C@@H](OC(=O)OCC[N+](C)(C)C)CC[C@]4(C)[C@H]3CC[C@]12C. The quantitative estimate of drug-likeness (QED) is 0.176. The second-order valence-electron chi connectivity index (χ2n) is 15.4. The molecule has 0 aromatic carbocycles. The van der Waals surface area contributed by atoms with Crippen LogP contribution in [0, 0.1) is 46.3 Å². The number of carbonyl (C=O) groups excluding carboxylic acids is 1. The van der Waals surface area contributed by atoms with Crippen LogP contribution in [0.25, 0.3) is 0 Å². The van der Waals surface area contributed by atoms with E-state index in [-0.39, 0.29) is 6.10 Å². The summed E-state index contributed by atoms with van der Waals surface area (Å²) in [4.78, 5) is 12.3. The predicted octanol–water partition coefficient (Wildman–Crippen LogP) is 8.26. The van der Waals surface area contributed by atoms with Gasteiger partial charge >= 0.3 is 6.16 Å². The maximum atomic E-state index is 12.3. The second kappa shape index (κ2) is 11.2.